The van der Waals surface area contributed by atoms with Gasteiger partial charge in [-0.1, -0.05) is 24.3 Å². The summed E-state index contributed by atoms with van der Waals surface area (Å²) in [6.07, 6.45) is 1.50. The van der Waals surface area contributed by atoms with E-state index in [1.807, 2.05) is 69.3 Å². The monoisotopic (exact) mass is 414 g/mol. The zero-order chi connectivity index (χ0) is 21.8. The van der Waals surface area contributed by atoms with Gasteiger partial charge in [-0.15, -0.1) is 0 Å². The molecule has 1 N–H and O–H groups in total. The van der Waals surface area contributed by atoms with Crippen molar-refractivity contribution in [3.63, 3.8) is 0 Å². The zero-order valence-electron chi connectivity index (χ0n) is 18.1. The lowest BCUT2D eigenvalue weighted by molar-refractivity contribution is 0.0351. The Morgan fingerprint density at radius 1 is 1.00 bits per heavy atom. The van der Waals surface area contributed by atoms with E-state index in [1.165, 1.54) is 0 Å². The summed E-state index contributed by atoms with van der Waals surface area (Å²) in [4.78, 5) is 20.4. The molecule has 0 radical (unpaired) electrons. The lowest BCUT2D eigenvalue weighted by atomic mass is 9.92. The smallest absolute Gasteiger partial charge is 0.193 e. The molecule has 3 aliphatic rings. The molecule has 5 heteroatoms. The van der Waals surface area contributed by atoms with E-state index in [9.17, 15) is 9.90 Å². The highest BCUT2D eigenvalue weighted by Gasteiger charge is 2.28. The van der Waals surface area contributed by atoms with Crippen molar-refractivity contribution in [1.29, 1.82) is 0 Å². The second-order valence-corrected chi connectivity index (χ2v) is 8.84. The number of aliphatic hydroxyl groups is 1. The molecule has 31 heavy (non-hydrogen) atoms. The highest BCUT2D eigenvalue weighted by molar-refractivity contribution is 5.86. The molecule has 0 spiro atoms. The van der Waals surface area contributed by atoms with Gasteiger partial charge in [-0.25, -0.2) is 4.98 Å². The first-order valence-electron chi connectivity index (χ1n) is 10.7. The number of piperidine rings is 1. The summed E-state index contributed by atoms with van der Waals surface area (Å²) in [6, 6.07) is 15.7. The fourth-order valence-corrected chi connectivity index (χ4v) is 4.38. The number of aromatic nitrogens is 1. The molecule has 5 nitrogen and oxygen atoms in total. The molecule has 2 aromatic carbocycles. The normalized spacial score (nSPS) is 16.2. The molecule has 1 saturated heterocycles. The van der Waals surface area contributed by atoms with Crippen LogP contribution in [0.3, 0.4) is 0 Å². The van der Waals surface area contributed by atoms with Crippen LogP contribution < -0.4 is 10.3 Å². The summed E-state index contributed by atoms with van der Waals surface area (Å²) in [6.45, 7) is 7.31. The quantitative estimate of drug-likeness (QED) is 0.471. The lowest BCUT2D eigenvalue weighted by Gasteiger charge is -2.37. The van der Waals surface area contributed by atoms with Gasteiger partial charge in [0.05, 0.1) is 11.2 Å². The van der Waals surface area contributed by atoms with Crippen LogP contribution in [0, 0.1) is 13.8 Å². The summed E-state index contributed by atoms with van der Waals surface area (Å²) in [7, 11) is 0. The molecule has 2 aliphatic heterocycles. The third-order valence-electron chi connectivity index (χ3n) is 6.60. The predicted octanol–water partition coefficient (Wildman–Crippen LogP) is 4.93. The van der Waals surface area contributed by atoms with Crippen molar-refractivity contribution < 1.29 is 9.52 Å². The van der Waals surface area contributed by atoms with Gasteiger partial charge in [0.1, 0.15) is 11.2 Å². The SMILES string of the molecule is Cc1c2nc3ccccc3oc-2c(-c2ccc(N3CCC(C)(O)CC3)cc2)c(=O)c1C. The number of hydrogen-bond donors (Lipinski definition) is 1. The number of benzene rings is 3. The largest absolute Gasteiger partial charge is 0.452 e. The van der Waals surface area contributed by atoms with Crippen LogP contribution >= 0.6 is 0 Å². The molecular weight excluding hydrogens is 388 g/mol. The second kappa shape index (κ2) is 7.20. The van der Waals surface area contributed by atoms with Crippen LogP contribution in [0.2, 0.25) is 0 Å². The molecular formula is C26H26N2O3. The van der Waals surface area contributed by atoms with Crippen molar-refractivity contribution in [2.75, 3.05) is 18.0 Å². The molecule has 0 bridgehead atoms. The van der Waals surface area contributed by atoms with E-state index >= 15 is 0 Å². The lowest BCUT2D eigenvalue weighted by Crippen LogP contribution is -2.42. The Morgan fingerprint density at radius 2 is 1.68 bits per heavy atom. The third kappa shape index (κ3) is 3.39. The van der Waals surface area contributed by atoms with E-state index in [-0.39, 0.29) is 5.43 Å². The van der Waals surface area contributed by atoms with E-state index in [0.717, 1.165) is 54.0 Å². The Kier molecular flexibility index (Phi) is 4.59. The molecule has 0 aromatic heterocycles. The highest BCUT2D eigenvalue weighted by Crippen LogP contribution is 2.36. The van der Waals surface area contributed by atoms with Gasteiger partial charge < -0.3 is 14.4 Å². The van der Waals surface area contributed by atoms with Crippen LogP contribution in [0.1, 0.15) is 30.9 Å². The van der Waals surface area contributed by atoms with E-state index in [0.29, 0.717) is 22.5 Å². The summed E-state index contributed by atoms with van der Waals surface area (Å²) in [5, 5.41) is 10.2. The van der Waals surface area contributed by atoms with Gasteiger partial charge in [0, 0.05) is 24.3 Å². The number of nitrogens with zero attached hydrogens (tertiary/aromatic N) is 2. The van der Waals surface area contributed by atoms with Gasteiger partial charge in [0.15, 0.2) is 16.8 Å². The van der Waals surface area contributed by atoms with Crippen LogP contribution in [-0.4, -0.2) is 28.8 Å². The van der Waals surface area contributed by atoms with Crippen molar-refractivity contribution in [1.82, 2.24) is 4.98 Å². The van der Waals surface area contributed by atoms with Crippen molar-refractivity contribution in [2.24, 2.45) is 0 Å². The van der Waals surface area contributed by atoms with Crippen molar-refractivity contribution in [3.8, 4) is 22.6 Å². The number of hydrogen-bond acceptors (Lipinski definition) is 5. The van der Waals surface area contributed by atoms with Gasteiger partial charge >= 0.3 is 0 Å². The van der Waals surface area contributed by atoms with Gasteiger partial charge in [0.2, 0.25) is 0 Å². The molecule has 2 heterocycles. The molecule has 0 atom stereocenters. The molecule has 5 rings (SSSR count). The topological polar surface area (TPSA) is 66.6 Å². The summed E-state index contributed by atoms with van der Waals surface area (Å²) in [5.74, 6) is 0.536. The van der Waals surface area contributed by atoms with Crippen LogP contribution in [0.25, 0.3) is 33.7 Å². The van der Waals surface area contributed by atoms with E-state index < -0.39 is 5.60 Å². The number of rotatable bonds is 2. The first-order valence-corrected chi connectivity index (χ1v) is 10.7. The van der Waals surface area contributed by atoms with E-state index in [2.05, 4.69) is 4.90 Å². The Labute approximate surface area is 181 Å². The minimum Gasteiger partial charge on any atom is -0.452 e. The van der Waals surface area contributed by atoms with Crippen molar-refractivity contribution >= 4 is 16.8 Å². The van der Waals surface area contributed by atoms with Crippen molar-refractivity contribution in [2.45, 2.75) is 39.2 Å². The molecule has 158 valence electrons. The summed E-state index contributed by atoms with van der Waals surface area (Å²) < 4.78 is 6.22. The molecule has 1 fully saturated rings. The Hall–Kier alpha value is -3.18. The fraction of sp³-hybridized carbons (Fsp3) is 0.308. The van der Waals surface area contributed by atoms with Gasteiger partial charge in [0.25, 0.3) is 0 Å². The maximum atomic E-state index is 13.3. The standard InChI is InChI=1S/C26H26N2O3/c1-16-17(2)24(29)22(25-23(16)27-20-6-4-5-7-21(20)31-25)18-8-10-19(11-9-18)28-14-12-26(3,30)13-15-28/h4-11,30H,12-15H2,1-3H3. The number of para-hydroxylation sites is 2. The predicted molar refractivity (Wildman–Crippen MR) is 124 cm³/mol. The first-order chi connectivity index (χ1) is 14.8. The fourth-order valence-electron chi connectivity index (χ4n) is 4.38. The summed E-state index contributed by atoms with van der Waals surface area (Å²) in [5.41, 5.74) is 5.61. The average molecular weight is 415 g/mol. The molecule has 0 amide bonds. The Morgan fingerprint density at radius 3 is 2.39 bits per heavy atom. The van der Waals surface area contributed by atoms with Crippen LogP contribution in [0.5, 0.6) is 0 Å². The zero-order valence-corrected chi connectivity index (χ0v) is 18.1. The molecule has 1 aliphatic carbocycles. The van der Waals surface area contributed by atoms with E-state index in [1.54, 1.807) is 0 Å². The molecule has 0 saturated carbocycles. The minimum absolute atomic E-state index is 0.0207. The summed E-state index contributed by atoms with van der Waals surface area (Å²) >= 11 is 0. The Balaban J connectivity index is 1.61. The van der Waals surface area contributed by atoms with Crippen LogP contribution in [-0.2, 0) is 0 Å². The molecule has 0 unspecified atom stereocenters. The number of fused-ring (bicyclic) bond motifs is 2. The first kappa shape index (κ1) is 19.8. The van der Waals surface area contributed by atoms with Crippen LogP contribution in [0.15, 0.2) is 57.7 Å². The van der Waals surface area contributed by atoms with Gasteiger partial charge in [-0.2, -0.15) is 0 Å². The van der Waals surface area contributed by atoms with Gasteiger partial charge in [-0.3, -0.25) is 4.79 Å². The third-order valence-corrected chi connectivity index (χ3v) is 6.60. The van der Waals surface area contributed by atoms with Crippen LogP contribution in [0.4, 0.5) is 5.69 Å². The van der Waals surface area contributed by atoms with E-state index in [4.69, 9.17) is 9.40 Å². The van der Waals surface area contributed by atoms with Gasteiger partial charge in [-0.05, 0) is 69.0 Å². The maximum absolute atomic E-state index is 13.3. The Bertz CT molecular complexity index is 1290. The molecule has 2 aromatic rings. The number of anilines is 1. The highest BCUT2D eigenvalue weighted by atomic mass is 16.3. The maximum Gasteiger partial charge on any atom is 0.193 e. The minimum atomic E-state index is -0.580. The average Bonchev–Trinajstić information content (AvgIpc) is 2.77. The van der Waals surface area contributed by atoms with Crippen molar-refractivity contribution in [3.05, 3.63) is 69.9 Å². The second-order valence-electron chi connectivity index (χ2n) is 8.84.